The molecule has 0 aliphatic carbocycles. The lowest BCUT2D eigenvalue weighted by molar-refractivity contribution is -0.142. The summed E-state index contributed by atoms with van der Waals surface area (Å²) in [6, 6.07) is 10.1. The molecule has 0 spiro atoms. The van der Waals surface area contributed by atoms with Crippen LogP contribution in [-0.4, -0.2) is 60.9 Å². The molecule has 0 aromatic heterocycles. The van der Waals surface area contributed by atoms with E-state index < -0.39 is 18.7 Å². The van der Waals surface area contributed by atoms with Gasteiger partial charge in [0.15, 0.2) is 12.7 Å². The summed E-state index contributed by atoms with van der Waals surface area (Å²) in [7, 11) is 0. The summed E-state index contributed by atoms with van der Waals surface area (Å²) >= 11 is 12.3. The summed E-state index contributed by atoms with van der Waals surface area (Å²) in [5, 5.41) is 9.91. The Labute approximate surface area is 190 Å². The van der Waals surface area contributed by atoms with Gasteiger partial charge in [0, 0.05) is 40.7 Å². The van der Waals surface area contributed by atoms with Gasteiger partial charge in [-0.15, -0.1) is 0 Å². The molecule has 1 unspecified atom stereocenters. The molecular weight excluding hydrogens is 445 g/mol. The molecule has 1 aliphatic heterocycles. The molecule has 1 fully saturated rings. The van der Waals surface area contributed by atoms with Crippen molar-refractivity contribution in [2.75, 3.05) is 32.9 Å². The largest absolute Gasteiger partial charge is 0.482 e. The van der Waals surface area contributed by atoms with E-state index in [4.69, 9.17) is 42.5 Å². The van der Waals surface area contributed by atoms with Crippen molar-refractivity contribution >= 4 is 35.1 Å². The molecule has 1 N–H and O–H groups in total. The Balaban J connectivity index is 1.81. The van der Waals surface area contributed by atoms with Crippen molar-refractivity contribution in [1.29, 1.82) is 0 Å². The fourth-order valence-corrected chi connectivity index (χ4v) is 3.64. The zero-order chi connectivity index (χ0) is 22.4. The van der Waals surface area contributed by atoms with Crippen LogP contribution in [0.25, 0.3) is 0 Å². The number of hydrogen-bond donors (Lipinski definition) is 1. The van der Waals surface area contributed by atoms with Gasteiger partial charge < -0.3 is 24.2 Å². The van der Waals surface area contributed by atoms with E-state index in [-0.39, 0.29) is 5.91 Å². The van der Waals surface area contributed by atoms with Crippen LogP contribution in [0.15, 0.2) is 36.4 Å². The average molecular weight is 468 g/mol. The highest BCUT2D eigenvalue weighted by molar-refractivity contribution is 6.31. The van der Waals surface area contributed by atoms with Crippen LogP contribution in [0.2, 0.25) is 10.0 Å². The van der Waals surface area contributed by atoms with Gasteiger partial charge in [0.2, 0.25) is 0 Å². The van der Waals surface area contributed by atoms with Crippen LogP contribution in [0.1, 0.15) is 18.1 Å². The molecule has 0 saturated carbocycles. The molecule has 1 amide bonds. The number of aliphatic carboxylic acids is 1. The number of halogens is 2. The van der Waals surface area contributed by atoms with E-state index in [0.717, 1.165) is 5.56 Å². The minimum absolute atomic E-state index is 0.113. The fourth-order valence-electron chi connectivity index (χ4n) is 3.25. The lowest BCUT2D eigenvalue weighted by Crippen LogP contribution is -2.46. The van der Waals surface area contributed by atoms with Crippen LogP contribution in [0.4, 0.5) is 0 Å². The van der Waals surface area contributed by atoms with Crippen molar-refractivity contribution in [2.24, 2.45) is 0 Å². The number of rotatable bonds is 8. The molecular formula is C22H23Cl2NO6. The number of carboxylic acid groups (broad SMARTS) is 1. The predicted molar refractivity (Wildman–Crippen MR) is 116 cm³/mol. The molecule has 1 aliphatic rings. The van der Waals surface area contributed by atoms with Gasteiger partial charge in [0.25, 0.3) is 5.91 Å². The van der Waals surface area contributed by atoms with Crippen LogP contribution >= 0.6 is 23.2 Å². The van der Waals surface area contributed by atoms with E-state index in [1.165, 1.54) is 0 Å². The maximum absolute atomic E-state index is 12.7. The number of ether oxygens (including phenoxy) is 3. The molecule has 1 saturated heterocycles. The van der Waals surface area contributed by atoms with Gasteiger partial charge in [-0.05, 0) is 43.3 Å². The lowest BCUT2D eigenvalue weighted by Gasteiger charge is -2.29. The summed E-state index contributed by atoms with van der Waals surface area (Å²) in [4.78, 5) is 25.3. The van der Waals surface area contributed by atoms with E-state index in [1.807, 2.05) is 0 Å². The quantitative estimate of drug-likeness (QED) is 0.637. The molecule has 31 heavy (non-hydrogen) atoms. The van der Waals surface area contributed by atoms with Crippen molar-refractivity contribution in [3.8, 4) is 11.5 Å². The van der Waals surface area contributed by atoms with Crippen LogP contribution < -0.4 is 9.47 Å². The number of amides is 1. The highest BCUT2D eigenvalue weighted by Crippen LogP contribution is 2.31. The van der Waals surface area contributed by atoms with E-state index >= 15 is 0 Å². The third kappa shape index (κ3) is 6.50. The average Bonchev–Trinajstić information content (AvgIpc) is 2.75. The molecule has 0 bridgehead atoms. The SMILES string of the molecule is CC(Oc1ccc(Cl)cc1Cc1cc(Cl)ccc1OCC(=O)O)C(=O)N1CCOCC1. The molecule has 3 rings (SSSR count). The third-order valence-electron chi connectivity index (χ3n) is 4.75. The van der Waals surface area contributed by atoms with Gasteiger partial charge in [-0.25, -0.2) is 4.79 Å². The molecule has 2 aromatic carbocycles. The Morgan fingerprint density at radius 3 is 2.26 bits per heavy atom. The third-order valence-corrected chi connectivity index (χ3v) is 5.22. The molecule has 1 heterocycles. The normalized spacial score (nSPS) is 14.7. The smallest absolute Gasteiger partial charge is 0.341 e. The number of benzene rings is 2. The van der Waals surface area contributed by atoms with Gasteiger partial charge in [-0.2, -0.15) is 0 Å². The number of carbonyl (C=O) groups is 2. The molecule has 9 heteroatoms. The van der Waals surface area contributed by atoms with Gasteiger partial charge in [0.05, 0.1) is 13.2 Å². The summed E-state index contributed by atoms with van der Waals surface area (Å²) in [5.41, 5.74) is 1.39. The minimum atomic E-state index is -1.08. The first kappa shape index (κ1) is 23.2. The maximum atomic E-state index is 12.7. The van der Waals surface area contributed by atoms with Crippen LogP contribution in [0.3, 0.4) is 0 Å². The van der Waals surface area contributed by atoms with Crippen molar-refractivity contribution in [3.05, 3.63) is 57.6 Å². The van der Waals surface area contributed by atoms with Gasteiger partial charge in [-0.3, -0.25) is 4.79 Å². The Morgan fingerprint density at radius 2 is 1.65 bits per heavy atom. The minimum Gasteiger partial charge on any atom is -0.482 e. The molecule has 166 valence electrons. The van der Waals surface area contributed by atoms with Crippen molar-refractivity contribution in [3.63, 3.8) is 0 Å². The van der Waals surface area contributed by atoms with E-state index in [0.29, 0.717) is 59.8 Å². The number of hydrogen-bond acceptors (Lipinski definition) is 5. The molecule has 0 radical (unpaired) electrons. The van der Waals surface area contributed by atoms with Crippen LogP contribution in [0.5, 0.6) is 11.5 Å². The first-order valence-electron chi connectivity index (χ1n) is 9.78. The Kier molecular flexibility index (Phi) is 8.01. The highest BCUT2D eigenvalue weighted by Gasteiger charge is 2.24. The van der Waals surface area contributed by atoms with Gasteiger partial charge >= 0.3 is 5.97 Å². The summed E-state index contributed by atoms with van der Waals surface area (Å²) in [6.07, 6.45) is -0.371. The second-order valence-electron chi connectivity index (χ2n) is 7.06. The Hall–Kier alpha value is -2.48. The number of nitrogens with zero attached hydrogens (tertiary/aromatic N) is 1. The molecule has 1 atom stereocenters. The van der Waals surface area contributed by atoms with Crippen LogP contribution in [0, 0.1) is 0 Å². The predicted octanol–water partition coefficient (Wildman–Crippen LogP) is 3.67. The first-order chi connectivity index (χ1) is 14.8. The summed E-state index contributed by atoms with van der Waals surface area (Å²) < 4.78 is 16.7. The first-order valence-corrected chi connectivity index (χ1v) is 10.5. The fraction of sp³-hybridized carbons (Fsp3) is 0.364. The standard InChI is InChI=1S/C22H23Cl2NO6/c1-14(22(28)25-6-8-29-9-7-25)31-20-5-3-18(24)12-16(20)10-15-11-17(23)2-4-19(15)30-13-21(26)27/h2-5,11-12,14H,6-10,13H2,1H3,(H,26,27). The number of carboxylic acids is 1. The van der Waals surface area contributed by atoms with Crippen molar-refractivity contribution in [1.82, 2.24) is 4.90 Å². The zero-order valence-corrected chi connectivity index (χ0v) is 18.5. The van der Waals surface area contributed by atoms with Crippen molar-refractivity contribution < 1.29 is 28.9 Å². The Morgan fingerprint density at radius 1 is 1.06 bits per heavy atom. The molecule has 2 aromatic rings. The second kappa shape index (κ2) is 10.7. The van der Waals surface area contributed by atoms with E-state index in [2.05, 4.69) is 0 Å². The number of carbonyl (C=O) groups excluding carboxylic acids is 1. The maximum Gasteiger partial charge on any atom is 0.341 e. The highest BCUT2D eigenvalue weighted by atomic mass is 35.5. The van der Waals surface area contributed by atoms with Gasteiger partial charge in [-0.1, -0.05) is 23.2 Å². The zero-order valence-electron chi connectivity index (χ0n) is 17.0. The Bertz CT molecular complexity index is 946. The topological polar surface area (TPSA) is 85.3 Å². The monoisotopic (exact) mass is 467 g/mol. The number of morpholine rings is 1. The lowest BCUT2D eigenvalue weighted by atomic mass is 10.0. The summed E-state index contributed by atoms with van der Waals surface area (Å²) in [6.45, 7) is 3.33. The van der Waals surface area contributed by atoms with E-state index in [9.17, 15) is 9.59 Å². The van der Waals surface area contributed by atoms with Crippen LogP contribution in [-0.2, 0) is 20.7 Å². The summed E-state index contributed by atoms with van der Waals surface area (Å²) in [5.74, 6) is -0.293. The van der Waals surface area contributed by atoms with Gasteiger partial charge in [0.1, 0.15) is 11.5 Å². The van der Waals surface area contributed by atoms with Crippen molar-refractivity contribution in [2.45, 2.75) is 19.4 Å². The van der Waals surface area contributed by atoms with E-state index in [1.54, 1.807) is 48.2 Å². The second-order valence-corrected chi connectivity index (χ2v) is 7.93. The molecule has 7 nitrogen and oxygen atoms in total.